The van der Waals surface area contributed by atoms with Gasteiger partial charge in [0.15, 0.2) is 0 Å². The first-order valence-electron chi connectivity index (χ1n) is 10.9. The van der Waals surface area contributed by atoms with Gasteiger partial charge in [-0.05, 0) is 24.3 Å². The summed E-state index contributed by atoms with van der Waals surface area (Å²) in [4.78, 5) is 14.7. The quantitative estimate of drug-likeness (QED) is 0.400. The van der Waals surface area contributed by atoms with Crippen LogP contribution in [-0.2, 0) is 4.79 Å². The summed E-state index contributed by atoms with van der Waals surface area (Å²) in [5.74, 6) is 0.0781. The van der Waals surface area contributed by atoms with Crippen LogP contribution < -0.4 is 15.0 Å². The van der Waals surface area contributed by atoms with Crippen molar-refractivity contribution < 1.29 is 9.53 Å². The van der Waals surface area contributed by atoms with E-state index < -0.39 is 12.1 Å². The summed E-state index contributed by atoms with van der Waals surface area (Å²) in [6.45, 7) is 0. The Kier molecular flexibility index (Phi) is 6.00. The lowest BCUT2D eigenvalue weighted by atomic mass is 10.0. The molecule has 1 aromatic heterocycles. The highest BCUT2D eigenvalue weighted by Crippen LogP contribution is 2.42. The standard InChI is InChI=1S/C27H21N5O2S/c1-34-23-15-9-8-14-22(23)32-25(29-26(33)20(16-28)27(32)35)21-17-31(19-12-6-3-7-13-19)30-24(21)18-10-4-2-5-11-18/h2-15,17,25,35H,1H3,(H,29,33). The monoisotopic (exact) mass is 479 g/mol. The highest BCUT2D eigenvalue weighted by molar-refractivity contribution is 7.84. The molecule has 0 saturated heterocycles. The molecule has 7 nitrogen and oxygen atoms in total. The van der Waals surface area contributed by atoms with Crippen LogP contribution in [0.25, 0.3) is 16.9 Å². The van der Waals surface area contributed by atoms with Crippen LogP contribution in [0.3, 0.4) is 0 Å². The molecule has 0 aliphatic carbocycles. The molecular weight excluding hydrogens is 458 g/mol. The first-order valence-corrected chi connectivity index (χ1v) is 11.3. The number of nitrogens with zero attached hydrogens (tertiary/aromatic N) is 4. The number of benzene rings is 3. The smallest absolute Gasteiger partial charge is 0.266 e. The molecule has 3 aromatic carbocycles. The van der Waals surface area contributed by atoms with E-state index in [4.69, 9.17) is 9.84 Å². The van der Waals surface area contributed by atoms with E-state index >= 15 is 0 Å². The van der Waals surface area contributed by atoms with Crippen molar-refractivity contribution in [2.45, 2.75) is 6.17 Å². The molecule has 0 fully saturated rings. The number of methoxy groups -OCH3 is 1. The number of hydrogen-bond acceptors (Lipinski definition) is 6. The Morgan fingerprint density at radius 1 is 1.00 bits per heavy atom. The van der Waals surface area contributed by atoms with Crippen LogP contribution in [-0.4, -0.2) is 22.8 Å². The Hall–Kier alpha value is -4.48. The molecule has 5 rings (SSSR count). The van der Waals surface area contributed by atoms with Crippen molar-refractivity contribution in [3.05, 3.63) is 107 Å². The number of thiol groups is 1. The zero-order valence-corrected chi connectivity index (χ0v) is 19.7. The molecule has 0 saturated carbocycles. The molecule has 1 unspecified atom stereocenters. The lowest BCUT2D eigenvalue weighted by molar-refractivity contribution is -0.118. The number of hydrogen-bond donors (Lipinski definition) is 2. The van der Waals surface area contributed by atoms with Gasteiger partial charge in [0.25, 0.3) is 5.91 Å². The normalized spacial score (nSPS) is 15.5. The molecule has 8 heteroatoms. The molecule has 4 aromatic rings. The Balaban J connectivity index is 1.75. The Bertz CT molecular complexity index is 1460. The SMILES string of the molecule is COc1ccccc1N1C(S)=C(C#N)C(=O)NC1c1cn(-c2ccccc2)nc1-c1ccccc1. The maximum atomic E-state index is 12.9. The lowest BCUT2D eigenvalue weighted by Crippen LogP contribution is -2.46. The Labute approximate surface area is 208 Å². The second-order valence-electron chi connectivity index (χ2n) is 7.81. The van der Waals surface area contributed by atoms with E-state index in [1.807, 2.05) is 97.2 Å². The number of nitrogens with one attached hydrogen (secondary N) is 1. The summed E-state index contributed by atoms with van der Waals surface area (Å²) in [7, 11) is 1.58. The van der Waals surface area contributed by atoms with E-state index in [9.17, 15) is 10.1 Å². The predicted octanol–water partition coefficient (Wildman–Crippen LogP) is 4.85. The van der Waals surface area contributed by atoms with Crippen molar-refractivity contribution in [3.63, 3.8) is 0 Å². The van der Waals surface area contributed by atoms with Crippen LogP contribution in [0.2, 0.25) is 0 Å². The number of anilines is 1. The summed E-state index contributed by atoms with van der Waals surface area (Å²) < 4.78 is 7.39. The summed E-state index contributed by atoms with van der Waals surface area (Å²) >= 11 is 4.64. The van der Waals surface area contributed by atoms with Crippen LogP contribution in [0.5, 0.6) is 5.75 Å². The minimum atomic E-state index is -0.698. The van der Waals surface area contributed by atoms with Gasteiger partial charge in [0, 0.05) is 17.3 Å². The van der Waals surface area contributed by atoms with Crippen molar-refractivity contribution in [2.75, 3.05) is 12.0 Å². The third-order valence-electron chi connectivity index (χ3n) is 5.77. The third-order valence-corrected chi connectivity index (χ3v) is 6.21. The fourth-order valence-corrected chi connectivity index (χ4v) is 4.50. The number of rotatable bonds is 5. The molecule has 0 radical (unpaired) electrons. The van der Waals surface area contributed by atoms with Gasteiger partial charge in [-0.25, -0.2) is 4.68 Å². The second-order valence-corrected chi connectivity index (χ2v) is 8.23. The van der Waals surface area contributed by atoms with Gasteiger partial charge in [-0.1, -0.05) is 60.7 Å². The Morgan fingerprint density at radius 3 is 2.34 bits per heavy atom. The first kappa shape index (κ1) is 22.3. The van der Waals surface area contributed by atoms with Crippen LogP contribution in [0.15, 0.2) is 102 Å². The van der Waals surface area contributed by atoms with Gasteiger partial charge >= 0.3 is 0 Å². The molecular formula is C27H21N5O2S. The molecule has 1 aliphatic heterocycles. The van der Waals surface area contributed by atoms with Crippen LogP contribution in [0.4, 0.5) is 5.69 Å². The van der Waals surface area contributed by atoms with Crippen molar-refractivity contribution in [1.82, 2.24) is 15.1 Å². The first-order chi connectivity index (χ1) is 17.1. The zero-order chi connectivity index (χ0) is 24.4. The van der Waals surface area contributed by atoms with Crippen molar-refractivity contribution in [2.24, 2.45) is 0 Å². The number of aromatic nitrogens is 2. The average Bonchev–Trinajstić information content (AvgIpc) is 3.35. The van der Waals surface area contributed by atoms with E-state index in [0.29, 0.717) is 17.1 Å². The maximum absolute atomic E-state index is 12.9. The largest absolute Gasteiger partial charge is 0.495 e. The fourth-order valence-electron chi connectivity index (χ4n) is 4.13. The number of nitriles is 1. The molecule has 1 amide bonds. The topological polar surface area (TPSA) is 83.2 Å². The molecule has 1 N–H and O–H groups in total. The lowest BCUT2D eigenvalue weighted by Gasteiger charge is -2.38. The molecule has 1 aliphatic rings. The number of amides is 1. The van der Waals surface area contributed by atoms with Crippen LogP contribution in [0, 0.1) is 11.3 Å². The number of carbonyl (C=O) groups excluding carboxylic acids is 1. The van der Waals surface area contributed by atoms with Gasteiger partial charge in [-0.15, -0.1) is 12.6 Å². The molecule has 0 bridgehead atoms. The van der Waals surface area contributed by atoms with Crippen LogP contribution in [0.1, 0.15) is 11.7 Å². The summed E-state index contributed by atoms with van der Waals surface area (Å²) in [6, 6.07) is 28.9. The number of ether oxygens (including phenoxy) is 1. The van der Waals surface area contributed by atoms with E-state index in [2.05, 4.69) is 17.9 Å². The number of para-hydroxylation sites is 3. The average molecular weight is 480 g/mol. The van der Waals surface area contributed by atoms with Crippen molar-refractivity contribution in [1.29, 1.82) is 5.26 Å². The maximum Gasteiger partial charge on any atom is 0.266 e. The van der Waals surface area contributed by atoms with E-state index in [1.165, 1.54) is 0 Å². The molecule has 35 heavy (non-hydrogen) atoms. The van der Waals surface area contributed by atoms with Gasteiger partial charge in [0.1, 0.15) is 23.6 Å². The van der Waals surface area contributed by atoms with E-state index in [-0.39, 0.29) is 10.6 Å². The zero-order valence-electron chi connectivity index (χ0n) is 18.8. The summed E-state index contributed by atoms with van der Waals surface area (Å²) in [5, 5.41) is 17.8. The van der Waals surface area contributed by atoms with Gasteiger partial charge in [-0.3, -0.25) is 4.79 Å². The van der Waals surface area contributed by atoms with Gasteiger partial charge < -0.3 is 15.0 Å². The van der Waals surface area contributed by atoms with E-state index in [1.54, 1.807) is 16.7 Å². The van der Waals surface area contributed by atoms with Gasteiger partial charge in [0.05, 0.1) is 29.2 Å². The minimum Gasteiger partial charge on any atom is -0.495 e. The summed E-state index contributed by atoms with van der Waals surface area (Å²) in [6.07, 6.45) is 1.19. The van der Waals surface area contributed by atoms with Crippen molar-refractivity contribution >= 4 is 24.2 Å². The number of carbonyl (C=O) groups is 1. The van der Waals surface area contributed by atoms with E-state index in [0.717, 1.165) is 16.8 Å². The molecule has 2 heterocycles. The molecule has 1 atom stereocenters. The summed E-state index contributed by atoms with van der Waals surface area (Å²) in [5.41, 5.74) is 3.78. The molecule has 0 spiro atoms. The fraction of sp³-hybridized carbons (Fsp3) is 0.0741. The Morgan fingerprint density at radius 2 is 1.66 bits per heavy atom. The predicted molar refractivity (Wildman–Crippen MR) is 137 cm³/mol. The minimum absolute atomic E-state index is 0.0767. The second kappa shape index (κ2) is 9.41. The third kappa shape index (κ3) is 4.03. The highest BCUT2D eigenvalue weighted by Gasteiger charge is 2.37. The van der Waals surface area contributed by atoms with Gasteiger partial charge in [-0.2, -0.15) is 10.4 Å². The highest BCUT2D eigenvalue weighted by atomic mass is 32.1. The van der Waals surface area contributed by atoms with Crippen molar-refractivity contribution in [3.8, 4) is 28.8 Å². The molecule has 172 valence electrons. The van der Waals surface area contributed by atoms with Crippen LogP contribution >= 0.6 is 12.6 Å². The van der Waals surface area contributed by atoms with Gasteiger partial charge in [0.2, 0.25) is 0 Å².